The Morgan fingerprint density at radius 1 is 1.00 bits per heavy atom. The molecule has 1 saturated heterocycles. The number of benzene rings is 2. The quantitative estimate of drug-likeness (QED) is 0.788. The molecule has 2 aliphatic heterocycles. The van der Waals surface area contributed by atoms with Crippen molar-refractivity contribution in [2.24, 2.45) is 0 Å². The molecule has 2 unspecified atom stereocenters. The Hall–Kier alpha value is -1.61. The lowest BCUT2D eigenvalue weighted by molar-refractivity contribution is 0.518. The zero-order chi connectivity index (χ0) is 15.3. The highest BCUT2D eigenvalue weighted by molar-refractivity contribution is 7.93. The predicted molar refractivity (Wildman–Crippen MR) is 91.6 cm³/mol. The van der Waals surface area contributed by atoms with Crippen LogP contribution in [0.2, 0.25) is 0 Å². The maximum atomic E-state index is 12.4. The molecule has 2 bridgehead atoms. The van der Waals surface area contributed by atoms with E-state index >= 15 is 0 Å². The van der Waals surface area contributed by atoms with Crippen molar-refractivity contribution < 1.29 is 8.42 Å². The molecule has 0 saturated carbocycles. The smallest absolute Gasteiger partial charge is 0.159 e. The van der Waals surface area contributed by atoms with Gasteiger partial charge in [0.2, 0.25) is 0 Å². The van der Waals surface area contributed by atoms with Crippen LogP contribution in [0.5, 0.6) is 0 Å². The van der Waals surface area contributed by atoms with Crippen molar-refractivity contribution >= 4 is 26.2 Å². The van der Waals surface area contributed by atoms with E-state index in [9.17, 15) is 8.42 Å². The second kappa shape index (κ2) is 4.95. The number of allylic oxidation sites excluding steroid dienone is 1. The van der Waals surface area contributed by atoms with E-state index in [-0.39, 0.29) is 10.5 Å². The van der Waals surface area contributed by atoms with Gasteiger partial charge in [0.05, 0.1) is 10.5 Å². The van der Waals surface area contributed by atoms with E-state index in [1.807, 2.05) is 6.08 Å². The van der Waals surface area contributed by atoms with E-state index in [4.69, 9.17) is 0 Å². The van der Waals surface area contributed by atoms with Crippen LogP contribution in [0.25, 0.3) is 16.3 Å². The normalized spacial score (nSPS) is 26.7. The lowest BCUT2D eigenvalue weighted by atomic mass is 9.89. The number of rotatable bonds is 1. The zero-order valence-electron chi connectivity index (χ0n) is 12.7. The van der Waals surface area contributed by atoms with Crippen LogP contribution in [-0.2, 0) is 9.84 Å². The van der Waals surface area contributed by atoms with E-state index in [1.165, 1.54) is 27.5 Å². The van der Waals surface area contributed by atoms with Gasteiger partial charge < -0.3 is 0 Å². The number of sulfone groups is 1. The van der Waals surface area contributed by atoms with Gasteiger partial charge in [-0.05, 0) is 53.7 Å². The summed E-state index contributed by atoms with van der Waals surface area (Å²) in [5.74, 6) is 0. The molecule has 0 aromatic heterocycles. The Bertz CT molecular complexity index is 877. The van der Waals surface area contributed by atoms with Crippen molar-refractivity contribution in [3.63, 3.8) is 0 Å². The highest BCUT2D eigenvalue weighted by Crippen LogP contribution is 2.41. The molecular weight excluding hydrogens is 292 g/mol. The average molecular weight is 312 g/mol. The van der Waals surface area contributed by atoms with Crippen molar-refractivity contribution in [1.29, 1.82) is 0 Å². The summed E-state index contributed by atoms with van der Waals surface area (Å²) in [7, 11) is -2.94. The standard InChI is InChI=1S/C19H20O2S/c1-13-9-10-18(19-8-3-2-7-17(13)19)14-11-15-5-4-6-16(12-14)22(15,20)21/h2-3,7-11,15-16H,4-6,12H2,1H3. The van der Waals surface area contributed by atoms with Crippen LogP contribution < -0.4 is 0 Å². The molecule has 2 aromatic carbocycles. The first kappa shape index (κ1) is 14.0. The van der Waals surface area contributed by atoms with Crippen LogP contribution in [0.1, 0.15) is 36.8 Å². The Morgan fingerprint density at radius 2 is 1.77 bits per heavy atom. The van der Waals surface area contributed by atoms with Crippen LogP contribution in [0.4, 0.5) is 0 Å². The minimum absolute atomic E-state index is 0.175. The minimum Gasteiger partial charge on any atom is -0.228 e. The van der Waals surface area contributed by atoms with Crippen LogP contribution in [-0.4, -0.2) is 18.9 Å². The first-order valence-corrected chi connectivity index (χ1v) is 9.60. The fourth-order valence-corrected chi connectivity index (χ4v) is 6.24. The topological polar surface area (TPSA) is 34.1 Å². The summed E-state index contributed by atoms with van der Waals surface area (Å²) in [6.07, 6.45) is 5.34. The van der Waals surface area contributed by atoms with Gasteiger partial charge in [-0.25, -0.2) is 8.42 Å². The highest BCUT2D eigenvalue weighted by Gasteiger charge is 2.40. The second-order valence-electron chi connectivity index (χ2n) is 6.55. The SMILES string of the molecule is Cc1ccc(C2=CC3CCCC(C2)S3(=O)=O)c2ccccc12. The zero-order valence-corrected chi connectivity index (χ0v) is 13.6. The Labute approximate surface area is 131 Å². The number of aryl methyl sites for hydroxylation is 1. The summed E-state index contributed by atoms with van der Waals surface area (Å²) < 4.78 is 24.9. The maximum absolute atomic E-state index is 12.4. The average Bonchev–Trinajstić information content (AvgIpc) is 2.47. The van der Waals surface area contributed by atoms with E-state index < -0.39 is 9.84 Å². The number of hydrogen-bond acceptors (Lipinski definition) is 2. The maximum Gasteiger partial charge on any atom is 0.159 e. The van der Waals surface area contributed by atoms with E-state index in [1.54, 1.807) is 0 Å². The van der Waals surface area contributed by atoms with Gasteiger partial charge in [0.1, 0.15) is 0 Å². The molecule has 2 nitrogen and oxygen atoms in total. The third-order valence-electron chi connectivity index (χ3n) is 5.22. The van der Waals surface area contributed by atoms with Gasteiger partial charge in [-0.1, -0.05) is 48.9 Å². The molecular formula is C19H20O2S. The third-order valence-corrected chi connectivity index (χ3v) is 7.77. The molecule has 0 N–H and O–H groups in total. The molecule has 4 rings (SSSR count). The number of hydrogen-bond donors (Lipinski definition) is 0. The molecule has 0 radical (unpaired) electrons. The van der Waals surface area contributed by atoms with Crippen LogP contribution in [0.3, 0.4) is 0 Å². The molecule has 3 heteroatoms. The Balaban J connectivity index is 1.90. The number of fused-ring (bicyclic) bond motifs is 3. The van der Waals surface area contributed by atoms with E-state index in [2.05, 4.69) is 43.3 Å². The fourth-order valence-electron chi connectivity index (χ4n) is 3.99. The third kappa shape index (κ3) is 2.03. The monoisotopic (exact) mass is 312 g/mol. The predicted octanol–water partition coefficient (Wildman–Crippen LogP) is 4.27. The van der Waals surface area contributed by atoms with E-state index in [0.717, 1.165) is 19.3 Å². The van der Waals surface area contributed by atoms with Crippen molar-refractivity contribution in [2.75, 3.05) is 0 Å². The molecule has 2 aliphatic rings. The molecule has 2 aromatic rings. The van der Waals surface area contributed by atoms with Crippen LogP contribution in [0.15, 0.2) is 42.5 Å². The molecule has 2 atom stereocenters. The fraction of sp³-hybridized carbons (Fsp3) is 0.368. The summed E-state index contributed by atoms with van der Waals surface area (Å²) >= 11 is 0. The van der Waals surface area contributed by atoms with Gasteiger partial charge >= 0.3 is 0 Å². The van der Waals surface area contributed by atoms with Gasteiger partial charge in [-0.2, -0.15) is 0 Å². The van der Waals surface area contributed by atoms with Gasteiger partial charge in [0.25, 0.3) is 0 Å². The summed E-state index contributed by atoms with van der Waals surface area (Å²) in [6.45, 7) is 2.13. The molecule has 1 fully saturated rings. The largest absolute Gasteiger partial charge is 0.228 e. The summed E-state index contributed by atoms with van der Waals surface area (Å²) in [4.78, 5) is 0. The molecule has 0 spiro atoms. The van der Waals surface area contributed by atoms with Crippen molar-refractivity contribution in [2.45, 2.75) is 43.1 Å². The molecule has 0 aliphatic carbocycles. The Kier molecular flexibility index (Phi) is 3.15. The van der Waals surface area contributed by atoms with E-state index in [0.29, 0.717) is 6.42 Å². The first-order chi connectivity index (χ1) is 10.6. The van der Waals surface area contributed by atoms with Gasteiger partial charge in [0.15, 0.2) is 9.84 Å². The van der Waals surface area contributed by atoms with Crippen molar-refractivity contribution in [3.8, 4) is 0 Å². The molecule has 114 valence electrons. The van der Waals surface area contributed by atoms with Crippen molar-refractivity contribution in [1.82, 2.24) is 0 Å². The van der Waals surface area contributed by atoms with Gasteiger partial charge in [-0.15, -0.1) is 0 Å². The van der Waals surface area contributed by atoms with Gasteiger partial charge in [0, 0.05) is 0 Å². The summed E-state index contributed by atoms with van der Waals surface area (Å²) in [5, 5.41) is 2.06. The lowest BCUT2D eigenvalue weighted by Crippen LogP contribution is -2.38. The van der Waals surface area contributed by atoms with Crippen molar-refractivity contribution in [3.05, 3.63) is 53.6 Å². The molecule has 2 heterocycles. The highest BCUT2D eigenvalue weighted by atomic mass is 32.2. The minimum atomic E-state index is -2.94. The lowest BCUT2D eigenvalue weighted by Gasteiger charge is -2.33. The van der Waals surface area contributed by atoms with Gasteiger partial charge in [-0.3, -0.25) is 0 Å². The molecule has 0 amide bonds. The summed E-state index contributed by atoms with van der Waals surface area (Å²) in [5.41, 5.74) is 3.71. The van der Waals surface area contributed by atoms with Crippen LogP contribution >= 0.6 is 0 Å². The van der Waals surface area contributed by atoms with Crippen LogP contribution in [0, 0.1) is 6.92 Å². The summed E-state index contributed by atoms with van der Waals surface area (Å²) in [6, 6.07) is 12.7. The first-order valence-electron chi connectivity index (χ1n) is 7.99. The second-order valence-corrected chi connectivity index (χ2v) is 9.00. The molecule has 22 heavy (non-hydrogen) atoms. The Morgan fingerprint density at radius 3 is 2.55 bits per heavy atom.